The van der Waals surface area contributed by atoms with E-state index in [0.717, 1.165) is 0 Å². The summed E-state index contributed by atoms with van der Waals surface area (Å²) < 4.78 is 25.5. The van der Waals surface area contributed by atoms with Crippen LogP contribution in [0.15, 0.2) is 42.5 Å². The number of carbonyl (C=O) groups excluding carboxylic acids is 4. The number of Topliss-reactive ketones (excluding diaryl/α,β-unsaturated/α-hetero) is 1. The van der Waals surface area contributed by atoms with Crippen molar-refractivity contribution in [3.63, 3.8) is 0 Å². The molecular formula is C28H33FN4O6. The number of nitrogens with zero attached hydrogens (tertiary/aromatic N) is 2. The standard InChI is InChI=1S/C28H33FN4O6/c1-16(34)24(30)23-15-33(26(36)38-23)19-8-6-18(7-9-19)20-10-5-17(13-21(20)29)14-31-25(35)22-11-12-32(22)27(37)39-28(2,3)4/h5-10,13,22-24H,11-12,14-15,30H2,1-4H3,(H,31,35)/t22?,23?,24-/m1/s1. The lowest BCUT2D eigenvalue weighted by molar-refractivity contribution is -0.130. The Morgan fingerprint density at radius 1 is 1.18 bits per heavy atom. The highest BCUT2D eigenvalue weighted by molar-refractivity contribution is 5.92. The minimum Gasteiger partial charge on any atom is -0.444 e. The molecule has 2 unspecified atom stereocenters. The van der Waals surface area contributed by atoms with Gasteiger partial charge < -0.3 is 20.5 Å². The zero-order valence-corrected chi connectivity index (χ0v) is 22.4. The van der Waals surface area contributed by atoms with Crippen LogP contribution in [0.5, 0.6) is 0 Å². The number of carbonyl (C=O) groups is 4. The topological polar surface area (TPSA) is 131 Å². The third-order valence-corrected chi connectivity index (χ3v) is 6.65. The summed E-state index contributed by atoms with van der Waals surface area (Å²) in [5, 5.41) is 2.76. The fourth-order valence-corrected chi connectivity index (χ4v) is 4.37. The summed E-state index contributed by atoms with van der Waals surface area (Å²) >= 11 is 0. The summed E-state index contributed by atoms with van der Waals surface area (Å²) in [6.07, 6.45) is -1.33. The predicted molar refractivity (Wildman–Crippen MR) is 141 cm³/mol. The number of likely N-dealkylation sites (tertiary alicyclic amines) is 1. The largest absolute Gasteiger partial charge is 0.444 e. The Kier molecular flexibility index (Phi) is 7.91. The van der Waals surface area contributed by atoms with Gasteiger partial charge in [0.15, 0.2) is 0 Å². The van der Waals surface area contributed by atoms with Gasteiger partial charge >= 0.3 is 12.2 Å². The van der Waals surface area contributed by atoms with E-state index in [2.05, 4.69) is 5.32 Å². The first kappa shape index (κ1) is 28.0. The van der Waals surface area contributed by atoms with Crippen molar-refractivity contribution >= 4 is 29.6 Å². The number of hydrogen-bond acceptors (Lipinski definition) is 7. The molecule has 2 aromatic carbocycles. The summed E-state index contributed by atoms with van der Waals surface area (Å²) in [4.78, 5) is 51.4. The summed E-state index contributed by atoms with van der Waals surface area (Å²) in [5.41, 5.74) is 7.22. The average molecular weight is 541 g/mol. The van der Waals surface area contributed by atoms with Gasteiger partial charge in [-0.2, -0.15) is 0 Å². The van der Waals surface area contributed by atoms with Crippen molar-refractivity contribution in [3.8, 4) is 11.1 Å². The Labute approximate surface area is 226 Å². The zero-order chi connectivity index (χ0) is 28.5. The number of nitrogens with one attached hydrogen (secondary N) is 1. The number of rotatable bonds is 7. The molecule has 3 N–H and O–H groups in total. The summed E-state index contributed by atoms with van der Waals surface area (Å²) in [7, 11) is 0. The van der Waals surface area contributed by atoms with E-state index in [1.54, 1.807) is 57.2 Å². The van der Waals surface area contributed by atoms with Crippen LogP contribution in [0, 0.1) is 5.82 Å². The maximum Gasteiger partial charge on any atom is 0.414 e. The van der Waals surface area contributed by atoms with E-state index in [1.165, 1.54) is 22.8 Å². The minimum absolute atomic E-state index is 0.105. The first-order valence-corrected chi connectivity index (χ1v) is 12.7. The molecule has 2 heterocycles. The molecule has 208 valence electrons. The van der Waals surface area contributed by atoms with E-state index in [1.807, 2.05) is 0 Å². The number of amides is 3. The van der Waals surface area contributed by atoms with Crippen LogP contribution in [0.25, 0.3) is 11.1 Å². The molecule has 2 saturated heterocycles. The van der Waals surface area contributed by atoms with Crippen LogP contribution in [0.2, 0.25) is 0 Å². The number of anilines is 1. The minimum atomic E-state index is -0.895. The molecule has 3 atom stereocenters. The monoisotopic (exact) mass is 540 g/mol. The molecule has 0 saturated carbocycles. The molecule has 0 aliphatic carbocycles. The van der Waals surface area contributed by atoms with Gasteiger partial charge in [-0.25, -0.2) is 14.0 Å². The molecule has 39 heavy (non-hydrogen) atoms. The molecule has 0 spiro atoms. The van der Waals surface area contributed by atoms with Gasteiger partial charge in [0.25, 0.3) is 0 Å². The molecule has 2 aliphatic heterocycles. The molecule has 2 fully saturated rings. The fourth-order valence-electron chi connectivity index (χ4n) is 4.37. The van der Waals surface area contributed by atoms with Crippen LogP contribution in [0.3, 0.4) is 0 Å². The lowest BCUT2D eigenvalue weighted by Gasteiger charge is -2.40. The number of ketones is 1. The van der Waals surface area contributed by atoms with Crippen molar-refractivity contribution in [2.45, 2.75) is 64.4 Å². The van der Waals surface area contributed by atoms with Gasteiger partial charge in [0.05, 0.1) is 6.54 Å². The number of benzene rings is 2. The summed E-state index contributed by atoms with van der Waals surface area (Å²) in [5.74, 6) is -1.06. The van der Waals surface area contributed by atoms with Crippen LogP contribution in [-0.4, -0.2) is 65.7 Å². The lowest BCUT2D eigenvalue weighted by Crippen LogP contribution is -2.59. The second-order valence-electron chi connectivity index (χ2n) is 10.7. The van der Waals surface area contributed by atoms with Gasteiger partial charge in [-0.15, -0.1) is 0 Å². The summed E-state index contributed by atoms with van der Waals surface area (Å²) in [6, 6.07) is 9.88. The Morgan fingerprint density at radius 3 is 2.44 bits per heavy atom. The van der Waals surface area contributed by atoms with Crippen LogP contribution in [-0.2, 0) is 25.6 Å². The Bertz CT molecular complexity index is 1280. The number of hydrogen-bond donors (Lipinski definition) is 2. The molecule has 3 amide bonds. The van der Waals surface area contributed by atoms with Gasteiger partial charge in [0.2, 0.25) is 5.91 Å². The van der Waals surface area contributed by atoms with Crippen molar-refractivity contribution in [2.24, 2.45) is 5.73 Å². The van der Waals surface area contributed by atoms with Gasteiger partial charge in [0.1, 0.15) is 35.4 Å². The molecule has 10 nitrogen and oxygen atoms in total. The van der Waals surface area contributed by atoms with Gasteiger partial charge in [-0.05, 0) is 63.4 Å². The molecule has 2 aliphatic rings. The van der Waals surface area contributed by atoms with E-state index < -0.39 is 41.8 Å². The number of halogens is 1. The predicted octanol–water partition coefficient (Wildman–Crippen LogP) is 3.36. The molecule has 2 aromatic rings. The third kappa shape index (κ3) is 6.36. The zero-order valence-electron chi connectivity index (χ0n) is 22.4. The molecule has 11 heteroatoms. The number of nitrogens with two attached hydrogens (primary N) is 1. The van der Waals surface area contributed by atoms with Crippen molar-refractivity contribution in [1.82, 2.24) is 10.2 Å². The highest BCUT2D eigenvalue weighted by Crippen LogP contribution is 2.29. The SMILES string of the molecule is CC(=O)[C@@H](N)C1CN(c2ccc(-c3ccc(CNC(=O)C4CCN4C(=O)OC(C)(C)C)cc3F)cc2)C(=O)O1. The quantitative estimate of drug-likeness (QED) is 0.551. The fraction of sp³-hybridized carbons (Fsp3) is 0.429. The van der Waals surface area contributed by atoms with Gasteiger partial charge in [-0.1, -0.05) is 24.3 Å². The molecule has 0 bridgehead atoms. The van der Waals surface area contributed by atoms with Crippen molar-refractivity contribution in [3.05, 3.63) is 53.8 Å². The maximum atomic E-state index is 15.0. The molecule has 4 rings (SSSR count). The third-order valence-electron chi connectivity index (χ3n) is 6.65. The number of ether oxygens (including phenoxy) is 2. The molecular weight excluding hydrogens is 507 g/mol. The lowest BCUT2D eigenvalue weighted by atomic mass is 10.0. The van der Waals surface area contributed by atoms with E-state index in [-0.39, 0.29) is 24.8 Å². The Balaban J connectivity index is 1.35. The smallest absolute Gasteiger partial charge is 0.414 e. The Hall–Kier alpha value is -3.99. The second-order valence-corrected chi connectivity index (χ2v) is 10.7. The van der Waals surface area contributed by atoms with Gasteiger partial charge in [0, 0.05) is 24.3 Å². The highest BCUT2D eigenvalue weighted by atomic mass is 19.1. The van der Waals surface area contributed by atoms with Crippen LogP contribution in [0.4, 0.5) is 19.7 Å². The molecule has 0 aromatic heterocycles. The second kappa shape index (κ2) is 11.0. The first-order chi connectivity index (χ1) is 18.3. The van der Waals surface area contributed by atoms with Crippen LogP contribution >= 0.6 is 0 Å². The van der Waals surface area contributed by atoms with E-state index >= 15 is 0 Å². The van der Waals surface area contributed by atoms with Gasteiger partial charge in [-0.3, -0.25) is 19.4 Å². The normalized spacial score (nSPS) is 19.7. The Morgan fingerprint density at radius 2 is 1.87 bits per heavy atom. The van der Waals surface area contributed by atoms with E-state index in [4.69, 9.17) is 15.2 Å². The van der Waals surface area contributed by atoms with E-state index in [9.17, 15) is 23.6 Å². The summed E-state index contributed by atoms with van der Waals surface area (Å²) in [6.45, 7) is 7.33. The van der Waals surface area contributed by atoms with Crippen molar-refractivity contribution in [1.29, 1.82) is 0 Å². The maximum absolute atomic E-state index is 15.0. The average Bonchev–Trinajstić information content (AvgIpc) is 3.22. The van der Waals surface area contributed by atoms with Crippen molar-refractivity contribution < 1.29 is 33.0 Å². The van der Waals surface area contributed by atoms with Crippen LogP contribution < -0.4 is 16.0 Å². The van der Waals surface area contributed by atoms with Crippen LogP contribution in [0.1, 0.15) is 39.7 Å². The van der Waals surface area contributed by atoms with Crippen molar-refractivity contribution in [2.75, 3.05) is 18.0 Å². The highest BCUT2D eigenvalue weighted by Gasteiger charge is 2.40. The first-order valence-electron chi connectivity index (χ1n) is 12.7. The molecule has 0 radical (unpaired) electrons. The van der Waals surface area contributed by atoms with E-state index in [0.29, 0.717) is 35.3 Å². The number of cyclic esters (lactones) is 1.